The third-order valence-electron chi connectivity index (χ3n) is 3.56. The molecule has 1 aromatic rings. The summed E-state index contributed by atoms with van der Waals surface area (Å²) in [5, 5.41) is 3.38. The summed E-state index contributed by atoms with van der Waals surface area (Å²) in [5.74, 6) is 1.16. The van der Waals surface area contributed by atoms with Gasteiger partial charge in [-0.25, -0.2) is 4.39 Å². The van der Waals surface area contributed by atoms with Crippen LogP contribution in [0.15, 0.2) is 24.3 Å². The molecule has 1 aliphatic heterocycles. The summed E-state index contributed by atoms with van der Waals surface area (Å²) in [6, 6.07) is 7.03. The summed E-state index contributed by atoms with van der Waals surface area (Å²) in [6.45, 7) is 4.48. The number of hydrogen-bond donors (Lipinski definition) is 1. The standard InChI is InChI=1S/C14H20FN/c1-11(9-12-5-7-16-8-6-12)13-3-2-4-14(15)10-13/h2-4,10-12,16H,5-9H2,1H3. The second kappa shape index (κ2) is 5.44. The Hall–Kier alpha value is -0.890. The van der Waals surface area contributed by atoms with Crippen LogP contribution in [0.3, 0.4) is 0 Å². The van der Waals surface area contributed by atoms with Crippen LogP contribution in [-0.2, 0) is 0 Å². The van der Waals surface area contributed by atoms with Crippen molar-refractivity contribution in [3.8, 4) is 0 Å². The van der Waals surface area contributed by atoms with Gasteiger partial charge in [-0.1, -0.05) is 19.1 Å². The van der Waals surface area contributed by atoms with E-state index in [-0.39, 0.29) is 5.82 Å². The van der Waals surface area contributed by atoms with Crippen molar-refractivity contribution < 1.29 is 4.39 Å². The van der Waals surface area contributed by atoms with Crippen LogP contribution >= 0.6 is 0 Å². The monoisotopic (exact) mass is 221 g/mol. The molecule has 2 rings (SSSR count). The van der Waals surface area contributed by atoms with Crippen molar-refractivity contribution in [2.45, 2.75) is 32.1 Å². The minimum atomic E-state index is -0.116. The molecule has 1 unspecified atom stereocenters. The highest BCUT2D eigenvalue weighted by molar-refractivity contribution is 5.20. The van der Waals surface area contributed by atoms with Crippen LogP contribution in [0.2, 0.25) is 0 Å². The van der Waals surface area contributed by atoms with Crippen molar-refractivity contribution in [1.82, 2.24) is 5.32 Å². The highest BCUT2D eigenvalue weighted by atomic mass is 19.1. The van der Waals surface area contributed by atoms with E-state index in [0.717, 1.165) is 24.6 Å². The van der Waals surface area contributed by atoms with Crippen LogP contribution in [0.25, 0.3) is 0 Å². The molecule has 1 atom stereocenters. The SMILES string of the molecule is CC(CC1CCNCC1)c1cccc(F)c1. The maximum atomic E-state index is 13.1. The van der Waals surface area contributed by atoms with E-state index in [2.05, 4.69) is 12.2 Å². The van der Waals surface area contributed by atoms with E-state index in [1.807, 2.05) is 12.1 Å². The number of rotatable bonds is 3. The zero-order valence-electron chi connectivity index (χ0n) is 9.88. The first-order valence-corrected chi connectivity index (χ1v) is 6.22. The van der Waals surface area contributed by atoms with E-state index < -0.39 is 0 Å². The largest absolute Gasteiger partial charge is 0.317 e. The second-order valence-corrected chi connectivity index (χ2v) is 4.89. The predicted octanol–water partition coefficient (Wildman–Crippen LogP) is 3.32. The highest BCUT2D eigenvalue weighted by Gasteiger charge is 2.17. The molecule has 1 aromatic carbocycles. The molecule has 1 saturated heterocycles. The van der Waals surface area contributed by atoms with Crippen molar-refractivity contribution in [3.05, 3.63) is 35.6 Å². The first kappa shape index (κ1) is 11.6. The molecule has 16 heavy (non-hydrogen) atoms. The molecular formula is C14H20FN. The Bertz CT molecular complexity index is 331. The zero-order chi connectivity index (χ0) is 11.4. The van der Waals surface area contributed by atoms with E-state index in [4.69, 9.17) is 0 Å². The van der Waals surface area contributed by atoms with Gasteiger partial charge in [0.2, 0.25) is 0 Å². The first-order chi connectivity index (χ1) is 7.75. The summed E-state index contributed by atoms with van der Waals surface area (Å²) >= 11 is 0. The van der Waals surface area contributed by atoms with Crippen LogP contribution in [0.5, 0.6) is 0 Å². The molecule has 0 spiro atoms. The van der Waals surface area contributed by atoms with Gasteiger partial charge < -0.3 is 5.32 Å². The van der Waals surface area contributed by atoms with Gasteiger partial charge >= 0.3 is 0 Å². The molecule has 1 fully saturated rings. The fraction of sp³-hybridized carbons (Fsp3) is 0.571. The molecule has 1 N–H and O–H groups in total. The minimum Gasteiger partial charge on any atom is -0.317 e. The maximum absolute atomic E-state index is 13.1. The van der Waals surface area contributed by atoms with Gasteiger partial charge in [-0.2, -0.15) is 0 Å². The van der Waals surface area contributed by atoms with Gasteiger partial charge in [0.25, 0.3) is 0 Å². The number of benzene rings is 1. The van der Waals surface area contributed by atoms with Crippen LogP contribution in [-0.4, -0.2) is 13.1 Å². The molecule has 2 heteroatoms. The van der Waals surface area contributed by atoms with E-state index in [1.165, 1.54) is 25.3 Å². The number of hydrogen-bond acceptors (Lipinski definition) is 1. The average molecular weight is 221 g/mol. The van der Waals surface area contributed by atoms with Crippen LogP contribution in [0.1, 0.15) is 37.7 Å². The molecule has 88 valence electrons. The minimum absolute atomic E-state index is 0.116. The molecular weight excluding hydrogens is 201 g/mol. The predicted molar refractivity (Wildman–Crippen MR) is 65.0 cm³/mol. The van der Waals surface area contributed by atoms with Crippen molar-refractivity contribution in [1.29, 1.82) is 0 Å². The lowest BCUT2D eigenvalue weighted by Gasteiger charge is -2.25. The maximum Gasteiger partial charge on any atom is 0.123 e. The van der Waals surface area contributed by atoms with Crippen molar-refractivity contribution in [2.75, 3.05) is 13.1 Å². The Kier molecular flexibility index (Phi) is 3.94. The molecule has 1 nitrogen and oxygen atoms in total. The van der Waals surface area contributed by atoms with Gasteiger partial charge in [0.1, 0.15) is 5.82 Å². The van der Waals surface area contributed by atoms with Gasteiger partial charge in [0.15, 0.2) is 0 Å². The third-order valence-corrected chi connectivity index (χ3v) is 3.56. The van der Waals surface area contributed by atoms with E-state index in [1.54, 1.807) is 6.07 Å². The normalized spacial score (nSPS) is 19.6. The molecule has 0 saturated carbocycles. The van der Waals surface area contributed by atoms with Crippen molar-refractivity contribution in [3.63, 3.8) is 0 Å². The Morgan fingerprint density at radius 3 is 2.81 bits per heavy atom. The fourth-order valence-electron chi connectivity index (χ4n) is 2.57. The molecule has 1 heterocycles. The Balaban J connectivity index is 1.94. The van der Waals surface area contributed by atoms with E-state index in [9.17, 15) is 4.39 Å². The van der Waals surface area contributed by atoms with Crippen molar-refractivity contribution in [2.24, 2.45) is 5.92 Å². The quantitative estimate of drug-likeness (QED) is 0.825. The van der Waals surface area contributed by atoms with Crippen LogP contribution in [0, 0.1) is 11.7 Å². The highest BCUT2D eigenvalue weighted by Crippen LogP contribution is 2.28. The lowest BCUT2D eigenvalue weighted by molar-refractivity contribution is 0.336. The third kappa shape index (κ3) is 3.05. The number of halogens is 1. The molecule has 0 radical (unpaired) electrons. The van der Waals surface area contributed by atoms with Gasteiger partial charge in [-0.05, 0) is 61.9 Å². The van der Waals surface area contributed by atoms with Gasteiger partial charge in [0, 0.05) is 0 Å². The summed E-state index contributed by atoms with van der Waals surface area (Å²) in [6.07, 6.45) is 3.71. The number of piperidine rings is 1. The van der Waals surface area contributed by atoms with E-state index >= 15 is 0 Å². The second-order valence-electron chi connectivity index (χ2n) is 4.89. The zero-order valence-corrected chi connectivity index (χ0v) is 9.88. The summed E-state index contributed by atoms with van der Waals surface area (Å²) in [7, 11) is 0. The fourth-order valence-corrected chi connectivity index (χ4v) is 2.57. The topological polar surface area (TPSA) is 12.0 Å². The smallest absolute Gasteiger partial charge is 0.123 e. The number of nitrogens with one attached hydrogen (secondary N) is 1. The van der Waals surface area contributed by atoms with E-state index in [0.29, 0.717) is 5.92 Å². The summed E-state index contributed by atoms with van der Waals surface area (Å²) in [5.41, 5.74) is 1.14. The summed E-state index contributed by atoms with van der Waals surface area (Å²) < 4.78 is 13.1. The molecule has 0 aromatic heterocycles. The first-order valence-electron chi connectivity index (χ1n) is 6.22. The van der Waals surface area contributed by atoms with Crippen LogP contribution in [0.4, 0.5) is 4.39 Å². The van der Waals surface area contributed by atoms with Crippen molar-refractivity contribution >= 4 is 0 Å². The Labute approximate surface area is 97.1 Å². The Morgan fingerprint density at radius 2 is 2.12 bits per heavy atom. The molecule has 0 bridgehead atoms. The lowest BCUT2D eigenvalue weighted by atomic mass is 9.85. The Morgan fingerprint density at radius 1 is 1.38 bits per heavy atom. The molecule has 0 amide bonds. The van der Waals surface area contributed by atoms with Gasteiger partial charge in [0.05, 0.1) is 0 Å². The average Bonchev–Trinajstić information content (AvgIpc) is 2.30. The summed E-state index contributed by atoms with van der Waals surface area (Å²) in [4.78, 5) is 0. The molecule has 0 aliphatic carbocycles. The lowest BCUT2D eigenvalue weighted by Crippen LogP contribution is -2.28. The van der Waals surface area contributed by atoms with Crippen LogP contribution < -0.4 is 5.32 Å². The molecule has 1 aliphatic rings. The van der Waals surface area contributed by atoms with Gasteiger partial charge in [-0.3, -0.25) is 0 Å². The van der Waals surface area contributed by atoms with Gasteiger partial charge in [-0.15, -0.1) is 0 Å².